The van der Waals surface area contributed by atoms with Crippen LogP contribution in [-0.4, -0.2) is 78.1 Å². The number of hydrogen-bond acceptors (Lipinski definition) is 7. The molecule has 2 aromatic carbocycles. The predicted molar refractivity (Wildman–Crippen MR) is 141 cm³/mol. The molecular weight excluding hydrogens is 591 g/mol. The summed E-state index contributed by atoms with van der Waals surface area (Å²) < 4.78 is 0.655. The van der Waals surface area contributed by atoms with Crippen molar-refractivity contribution < 1.29 is 34.2 Å². The fourth-order valence-corrected chi connectivity index (χ4v) is 7.36. The summed E-state index contributed by atoms with van der Waals surface area (Å²) in [6, 6.07) is 11.4. The third kappa shape index (κ3) is 10.8. The molecule has 14 heteroatoms. The molecule has 11 nitrogen and oxygen atoms in total. The number of rotatable bonds is 14. The van der Waals surface area contributed by atoms with Crippen molar-refractivity contribution in [3.63, 3.8) is 0 Å². The van der Waals surface area contributed by atoms with E-state index in [2.05, 4.69) is 16.0 Å². The number of aliphatic carboxylic acids is 2. The molecule has 0 fully saturated rings. The Morgan fingerprint density at radius 2 is 1.76 bits per heavy atom. The number of carbonyl (C=O) groups is 5. The molecule has 0 aliphatic rings. The number of para-hydroxylation sites is 1. The first-order valence-corrected chi connectivity index (χ1v) is 15.0. The van der Waals surface area contributed by atoms with Crippen LogP contribution in [0.5, 0.6) is 0 Å². The molecule has 0 unspecified atom stereocenters. The van der Waals surface area contributed by atoms with Gasteiger partial charge in [0, 0.05) is 0 Å². The van der Waals surface area contributed by atoms with E-state index in [9.17, 15) is 24.0 Å². The summed E-state index contributed by atoms with van der Waals surface area (Å²) in [5.74, 6) is -4.10. The zero-order valence-corrected chi connectivity index (χ0v) is 22.6. The maximum absolute atomic E-state index is 12.8. The molecular formula is C23H25ClN4O7SSe. The van der Waals surface area contributed by atoms with E-state index in [1.807, 2.05) is 6.07 Å². The van der Waals surface area contributed by atoms with Crippen molar-refractivity contribution in [2.75, 3.05) is 17.6 Å². The Bertz CT molecular complexity index is 1140. The van der Waals surface area contributed by atoms with E-state index >= 15 is 0 Å². The molecule has 0 saturated heterocycles. The molecule has 0 radical (unpaired) electrons. The number of benzene rings is 2. The fourth-order valence-electron chi connectivity index (χ4n) is 2.78. The first-order chi connectivity index (χ1) is 17.6. The second-order valence-corrected chi connectivity index (χ2v) is 12.2. The third-order valence-electron chi connectivity index (χ3n) is 4.67. The Balaban J connectivity index is 2.07. The van der Waals surface area contributed by atoms with Crippen LogP contribution in [0.15, 0.2) is 48.5 Å². The summed E-state index contributed by atoms with van der Waals surface area (Å²) in [6.07, 6.45) is -0.367. The standard InChI is InChI=1S/C23H25ClN4O7SSe/c24-13-6-7-15(21(32)27-14-4-2-1-3-5-14)18(10-13)37-36-12-17(22(33)26-11-20(30)31)28-19(29)9-8-16(25)23(34)35/h1-7,10,16-17H,8-9,11-12,25H2,(H,26,33)(H,27,32)(H,28,29)(H,30,31)(H,34,35)/t16-,17-/m1/s1. The van der Waals surface area contributed by atoms with Gasteiger partial charge in [0.15, 0.2) is 0 Å². The van der Waals surface area contributed by atoms with Crippen molar-refractivity contribution in [3.05, 3.63) is 59.1 Å². The number of carbonyl (C=O) groups excluding carboxylic acids is 3. The summed E-state index contributed by atoms with van der Waals surface area (Å²) in [5.41, 5.74) is 6.43. The number of halogens is 1. The van der Waals surface area contributed by atoms with Crippen LogP contribution < -0.4 is 26.1 Å². The Kier molecular flexibility index (Phi) is 12.4. The molecule has 0 aromatic heterocycles. The normalized spacial score (nSPS) is 12.2. The van der Waals surface area contributed by atoms with Crippen LogP contribution in [0.4, 0.5) is 5.69 Å². The van der Waals surface area contributed by atoms with Crippen LogP contribution >= 0.6 is 21.8 Å². The van der Waals surface area contributed by atoms with Crippen molar-refractivity contribution in [1.82, 2.24) is 10.6 Å². The fraction of sp³-hybridized carbons (Fsp3) is 0.261. The van der Waals surface area contributed by atoms with E-state index < -0.39 is 56.2 Å². The van der Waals surface area contributed by atoms with Gasteiger partial charge in [0.2, 0.25) is 0 Å². The van der Waals surface area contributed by atoms with Gasteiger partial charge in [0.25, 0.3) is 0 Å². The number of nitrogens with two attached hydrogens (primary N) is 1. The second kappa shape index (κ2) is 15.2. The van der Waals surface area contributed by atoms with E-state index in [0.717, 1.165) is 0 Å². The van der Waals surface area contributed by atoms with Crippen LogP contribution in [0.25, 0.3) is 0 Å². The first-order valence-electron chi connectivity index (χ1n) is 10.8. The zero-order valence-electron chi connectivity index (χ0n) is 19.3. The minimum absolute atomic E-state index is 0.0639. The summed E-state index contributed by atoms with van der Waals surface area (Å²) >= 11 is 5.72. The van der Waals surface area contributed by atoms with Crippen LogP contribution in [0.3, 0.4) is 0 Å². The number of nitrogens with one attached hydrogen (secondary N) is 3. The Morgan fingerprint density at radius 3 is 2.41 bits per heavy atom. The third-order valence-corrected chi connectivity index (χ3v) is 9.11. The van der Waals surface area contributed by atoms with E-state index in [1.54, 1.807) is 42.5 Å². The van der Waals surface area contributed by atoms with Gasteiger partial charge in [-0.1, -0.05) is 0 Å². The zero-order chi connectivity index (χ0) is 27.4. The number of amides is 3. The van der Waals surface area contributed by atoms with E-state index in [0.29, 0.717) is 20.7 Å². The molecule has 0 aliphatic carbocycles. The molecule has 7 N–H and O–H groups in total. The van der Waals surface area contributed by atoms with Gasteiger partial charge >= 0.3 is 228 Å². The van der Waals surface area contributed by atoms with Gasteiger partial charge in [-0.3, -0.25) is 0 Å². The summed E-state index contributed by atoms with van der Waals surface area (Å²) in [4.78, 5) is 59.3. The van der Waals surface area contributed by atoms with Gasteiger partial charge in [-0.25, -0.2) is 0 Å². The molecule has 0 heterocycles. The Hall–Kier alpha value is -3.09. The molecule has 0 bridgehead atoms. The predicted octanol–water partition coefficient (Wildman–Crippen LogP) is 0.448. The van der Waals surface area contributed by atoms with Crippen LogP contribution in [0.2, 0.25) is 5.02 Å². The molecule has 0 spiro atoms. The topological polar surface area (TPSA) is 188 Å². The average molecular weight is 616 g/mol. The summed E-state index contributed by atoms with van der Waals surface area (Å²) in [7, 11) is 1.28. The first kappa shape index (κ1) is 30.1. The molecule has 2 rings (SSSR count). The van der Waals surface area contributed by atoms with Gasteiger partial charge in [-0.15, -0.1) is 0 Å². The molecule has 37 heavy (non-hydrogen) atoms. The Morgan fingerprint density at radius 1 is 1.05 bits per heavy atom. The van der Waals surface area contributed by atoms with E-state index in [1.165, 1.54) is 10.2 Å². The minimum atomic E-state index is -1.25. The van der Waals surface area contributed by atoms with Crippen LogP contribution in [0.1, 0.15) is 23.2 Å². The van der Waals surface area contributed by atoms with E-state index in [4.69, 9.17) is 27.5 Å². The summed E-state index contributed by atoms with van der Waals surface area (Å²) in [5, 5.41) is 25.6. The van der Waals surface area contributed by atoms with Gasteiger partial charge in [-0.05, 0) is 0 Å². The van der Waals surface area contributed by atoms with E-state index in [-0.39, 0.29) is 24.5 Å². The van der Waals surface area contributed by atoms with Crippen LogP contribution in [0, 0.1) is 0 Å². The number of carboxylic acids is 2. The maximum atomic E-state index is 12.8. The van der Waals surface area contributed by atoms with Crippen molar-refractivity contribution in [2.45, 2.75) is 24.9 Å². The van der Waals surface area contributed by atoms with Crippen molar-refractivity contribution in [2.24, 2.45) is 5.73 Å². The Labute approximate surface area is 227 Å². The molecule has 2 aromatic rings. The molecule has 198 valence electrons. The van der Waals surface area contributed by atoms with Gasteiger partial charge in [-0.2, -0.15) is 0 Å². The monoisotopic (exact) mass is 616 g/mol. The molecule has 0 saturated carbocycles. The van der Waals surface area contributed by atoms with Crippen molar-refractivity contribution in [1.29, 1.82) is 0 Å². The van der Waals surface area contributed by atoms with Crippen molar-refractivity contribution >= 4 is 75.4 Å². The number of carboxylic acid groups (broad SMARTS) is 2. The molecule has 2 atom stereocenters. The quantitative estimate of drug-likeness (QED) is 0.164. The average Bonchev–Trinajstić information content (AvgIpc) is 2.85. The SMILES string of the molecule is N[C@H](CCC(=O)N[C@H](CS[Se]c1cc(Cl)ccc1C(=O)Nc1ccccc1)C(=O)NCC(=O)O)C(=O)O. The second-order valence-electron chi connectivity index (χ2n) is 7.54. The van der Waals surface area contributed by atoms with Crippen LogP contribution in [-0.2, 0) is 19.2 Å². The van der Waals surface area contributed by atoms with Crippen molar-refractivity contribution in [3.8, 4) is 0 Å². The van der Waals surface area contributed by atoms with Gasteiger partial charge in [0.1, 0.15) is 0 Å². The number of hydrogen-bond donors (Lipinski definition) is 6. The summed E-state index contributed by atoms with van der Waals surface area (Å²) in [6.45, 7) is -0.636. The molecule has 3 amide bonds. The van der Waals surface area contributed by atoms with Gasteiger partial charge in [0.05, 0.1) is 0 Å². The van der Waals surface area contributed by atoms with Gasteiger partial charge < -0.3 is 0 Å². The molecule has 0 aliphatic heterocycles. The number of anilines is 1.